The van der Waals surface area contributed by atoms with Gasteiger partial charge in [0.15, 0.2) is 11.6 Å². The Hall–Kier alpha value is -3.00. The number of Topliss-reactive ketones (excluding diaryl/α,β-unsaturated/α-hetero) is 2. The SMILES string of the molecule is O=C1C2c3ccccc3C1c1cc3c(cc12)C1C(=O)C3c2ccccc21. The molecule has 0 radical (unpaired) electrons. The second-order valence-electron chi connectivity index (χ2n) is 7.90. The van der Waals surface area contributed by atoms with Crippen LogP contribution in [0.2, 0.25) is 0 Å². The molecule has 122 valence electrons. The molecule has 7 rings (SSSR count). The van der Waals surface area contributed by atoms with Crippen molar-refractivity contribution in [3.63, 3.8) is 0 Å². The molecule has 2 nitrogen and oxygen atoms in total. The van der Waals surface area contributed by atoms with Crippen molar-refractivity contribution in [1.29, 1.82) is 0 Å². The monoisotopic (exact) mass is 334 g/mol. The lowest BCUT2D eigenvalue weighted by molar-refractivity contribution is -0.119. The van der Waals surface area contributed by atoms with Crippen LogP contribution in [0.5, 0.6) is 0 Å². The second kappa shape index (κ2) is 4.04. The van der Waals surface area contributed by atoms with E-state index in [1.165, 1.54) is 0 Å². The Balaban J connectivity index is 1.50. The molecule has 0 heterocycles. The Labute approximate surface area is 150 Å². The minimum atomic E-state index is -0.138. The highest BCUT2D eigenvalue weighted by Gasteiger charge is 2.53. The Morgan fingerprint density at radius 3 is 0.962 bits per heavy atom. The first-order chi connectivity index (χ1) is 12.8. The van der Waals surface area contributed by atoms with Gasteiger partial charge in [0.05, 0.1) is 23.7 Å². The summed E-state index contributed by atoms with van der Waals surface area (Å²) < 4.78 is 0. The molecule has 0 spiro atoms. The molecular formula is C24H14O2. The zero-order valence-corrected chi connectivity index (χ0v) is 13.9. The fraction of sp³-hybridized carbons (Fsp3) is 0.167. The van der Waals surface area contributed by atoms with Gasteiger partial charge in [0, 0.05) is 0 Å². The molecule has 4 bridgehead atoms. The number of rotatable bonds is 0. The molecule has 0 saturated carbocycles. The molecule has 0 N–H and O–H groups in total. The first-order valence-corrected chi connectivity index (χ1v) is 9.18. The van der Waals surface area contributed by atoms with Gasteiger partial charge in [-0.05, 0) is 44.5 Å². The minimum Gasteiger partial charge on any atom is -0.298 e. The van der Waals surface area contributed by atoms with Gasteiger partial charge in [0.25, 0.3) is 0 Å². The average Bonchev–Trinajstić information content (AvgIpc) is 3.31. The summed E-state index contributed by atoms with van der Waals surface area (Å²) >= 11 is 0. The van der Waals surface area contributed by atoms with Crippen LogP contribution >= 0.6 is 0 Å². The predicted octanol–water partition coefficient (Wildman–Crippen LogP) is 4.01. The summed E-state index contributed by atoms with van der Waals surface area (Å²) in [6.07, 6.45) is 0. The van der Waals surface area contributed by atoms with Crippen LogP contribution in [0.1, 0.15) is 68.2 Å². The third-order valence-corrected chi connectivity index (χ3v) is 6.91. The number of hydrogen-bond acceptors (Lipinski definition) is 2. The van der Waals surface area contributed by atoms with E-state index in [2.05, 4.69) is 36.4 Å². The van der Waals surface area contributed by atoms with E-state index in [4.69, 9.17) is 0 Å². The lowest BCUT2D eigenvalue weighted by Crippen LogP contribution is -2.08. The summed E-state index contributed by atoms with van der Waals surface area (Å²) in [5.41, 5.74) is 9.17. The van der Waals surface area contributed by atoms with Crippen LogP contribution in [-0.4, -0.2) is 11.6 Å². The van der Waals surface area contributed by atoms with Gasteiger partial charge >= 0.3 is 0 Å². The van der Waals surface area contributed by atoms with E-state index in [9.17, 15) is 9.59 Å². The summed E-state index contributed by atoms with van der Waals surface area (Å²) in [5.74, 6) is 0.0611. The quantitative estimate of drug-likeness (QED) is 0.622. The average molecular weight is 334 g/mol. The fourth-order valence-corrected chi connectivity index (χ4v) is 5.97. The molecule has 2 heteroatoms. The lowest BCUT2D eigenvalue weighted by atomic mass is 9.79. The van der Waals surface area contributed by atoms with E-state index in [1.54, 1.807) is 0 Å². The minimum absolute atomic E-state index is 0.138. The van der Waals surface area contributed by atoms with E-state index in [-0.39, 0.29) is 23.7 Å². The number of ketones is 2. The molecule has 0 amide bonds. The van der Waals surface area contributed by atoms with Crippen LogP contribution in [0.4, 0.5) is 0 Å². The van der Waals surface area contributed by atoms with Crippen molar-refractivity contribution in [2.24, 2.45) is 0 Å². The van der Waals surface area contributed by atoms with Crippen LogP contribution in [0.15, 0.2) is 60.7 Å². The fourth-order valence-electron chi connectivity index (χ4n) is 5.97. The molecule has 4 aliphatic rings. The summed E-state index contributed by atoms with van der Waals surface area (Å²) in [6, 6.07) is 20.8. The van der Waals surface area contributed by atoms with Gasteiger partial charge in [-0.2, -0.15) is 0 Å². The standard InChI is InChI=1S/C24H14O2/c25-23-19-11-5-1-2-6-12(11)20(23)16-10-18-17(9-15(16)19)21-13-7-3-4-8-14(13)22(18)24(21)26/h1-10,19-22H. The molecule has 0 aliphatic heterocycles. The highest BCUT2D eigenvalue weighted by molar-refractivity contribution is 6.09. The molecule has 26 heavy (non-hydrogen) atoms. The van der Waals surface area contributed by atoms with Crippen LogP contribution < -0.4 is 0 Å². The third kappa shape index (κ3) is 1.22. The van der Waals surface area contributed by atoms with Crippen molar-refractivity contribution >= 4 is 11.6 Å². The first-order valence-electron chi connectivity index (χ1n) is 9.18. The van der Waals surface area contributed by atoms with Crippen molar-refractivity contribution in [1.82, 2.24) is 0 Å². The summed E-state index contributed by atoms with van der Waals surface area (Å²) in [5, 5.41) is 0. The normalized spacial score (nSPS) is 28.2. The predicted molar refractivity (Wildman–Crippen MR) is 96.7 cm³/mol. The van der Waals surface area contributed by atoms with E-state index in [1.807, 2.05) is 24.3 Å². The molecule has 0 aromatic heterocycles. The summed E-state index contributed by atoms with van der Waals surface area (Å²) in [6.45, 7) is 0. The topological polar surface area (TPSA) is 34.1 Å². The molecule has 4 unspecified atom stereocenters. The van der Waals surface area contributed by atoms with E-state index >= 15 is 0 Å². The Bertz CT molecular complexity index is 1020. The van der Waals surface area contributed by atoms with Gasteiger partial charge in [-0.15, -0.1) is 0 Å². The van der Waals surface area contributed by atoms with Crippen LogP contribution in [0, 0.1) is 0 Å². The van der Waals surface area contributed by atoms with Crippen molar-refractivity contribution in [2.75, 3.05) is 0 Å². The second-order valence-corrected chi connectivity index (χ2v) is 7.90. The number of fused-ring (bicyclic) bond motifs is 16. The number of hydrogen-bond donors (Lipinski definition) is 0. The van der Waals surface area contributed by atoms with Crippen LogP contribution in [0.25, 0.3) is 0 Å². The Morgan fingerprint density at radius 1 is 0.423 bits per heavy atom. The Morgan fingerprint density at radius 2 is 0.692 bits per heavy atom. The van der Waals surface area contributed by atoms with Gasteiger partial charge in [-0.3, -0.25) is 9.59 Å². The molecular weight excluding hydrogens is 320 g/mol. The maximum absolute atomic E-state index is 13.0. The van der Waals surface area contributed by atoms with E-state index < -0.39 is 0 Å². The molecule has 3 aromatic carbocycles. The van der Waals surface area contributed by atoms with Gasteiger partial charge in [-0.1, -0.05) is 60.7 Å². The summed E-state index contributed by atoms with van der Waals surface area (Å²) in [7, 11) is 0. The van der Waals surface area contributed by atoms with E-state index in [0.29, 0.717) is 11.6 Å². The maximum atomic E-state index is 13.0. The highest BCUT2D eigenvalue weighted by atomic mass is 16.1. The maximum Gasteiger partial charge on any atom is 0.156 e. The number of benzene rings is 3. The van der Waals surface area contributed by atoms with Crippen molar-refractivity contribution in [3.8, 4) is 0 Å². The molecule has 3 aromatic rings. The van der Waals surface area contributed by atoms with Gasteiger partial charge < -0.3 is 0 Å². The zero-order valence-electron chi connectivity index (χ0n) is 13.9. The van der Waals surface area contributed by atoms with Crippen LogP contribution in [0.3, 0.4) is 0 Å². The molecule has 4 aliphatic carbocycles. The van der Waals surface area contributed by atoms with Crippen molar-refractivity contribution in [3.05, 3.63) is 105 Å². The van der Waals surface area contributed by atoms with Gasteiger partial charge in [0.1, 0.15) is 0 Å². The largest absolute Gasteiger partial charge is 0.298 e. The molecule has 4 atom stereocenters. The lowest BCUT2D eigenvalue weighted by Gasteiger charge is -2.23. The van der Waals surface area contributed by atoms with Crippen LogP contribution in [-0.2, 0) is 9.59 Å². The van der Waals surface area contributed by atoms with Gasteiger partial charge in [0.2, 0.25) is 0 Å². The third-order valence-electron chi connectivity index (χ3n) is 6.91. The molecule has 0 saturated heterocycles. The number of carbonyl (C=O) groups is 2. The highest BCUT2D eigenvalue weighted by Crippen LogP contribution is 2.59. The Kier molecular flexibility index (Phi) is 2.06. The smallest absolute Gasteiger partial charge is 0.156 e. The van der Waals surface area contributed by atoms with Gasteiger partial charge in [-0.25, -0.2) is 0 Å². The zero-order chi connectivity index (χ0) is 17.2. The summed E-state index contributed by atoms with van der Waals surface area (Å²) in [4.78, 5) is 26.0. The first kappa shape index (κ1) is 13.2. The number of carbonyl (C=O) groups excluding carboxylic acids is 2. The molecule has 0 fully saturated rings. The van der Waals surface area contributed by atoms with E-state index in [0.717, 1.165) is 44.5 Å². The van der Waals surface area contributed by atoms with Crippen molar-refractivity contribution in [2.45, 2.75) is 23.7 Å². The van der Waals surface area contributed by atoms with Crippen molar-refractivity contribution < 1.29 is 9.59 Å².